The van der Waals surface area contributed by atoms with Gasteiger partial charge in [0.25, 0.3) is 0 Å². The minimum Gasteiger partial charge on any atom is -0.497 e. The molecule has 1 fully saturated rings. The highest BCUT2D eigenvalue weighted by molar-refractivity contribution is 7.89. The Hall–Kier alpha value is -2.62. The lowest BCUT2D eigenvalue weighted by atomic mass is 10.2. The molecule has 1 N–H and O–H groups in total. The van der Waals surface area contributed by atoms with Crippen LogP contribution in [0.4, 0.5) is 5.69 Å². The number of nitrogens with zero attached hydrogens (tertiary/aromatic N) is 2. The number of rotatable bonds is 7. The van der Waals surface area contributed by atoms with Crippen molar-refractivity contribution in [2.75, 3.05) is 52.3 Å². The first-order valence-electron chi connectivity index (χ1n) is 9.64. The van der Waals surface area contributed by atoms with Gasteiger partial charge in [0.1, 0.15) is 11.5 Å². The van der Waals surface area contributed by atoms with Crippen LogP contribution in [0, 0.1) is 6.92 Å². The van der Waals surface area contributed by atoms with Crippen molar-refractivity contribution in [3.63, 3.8) is 0 Å². The molecule has 0 radical (unpaired) electrons. The summed E-state index contributed by atoms with van der Waals surface area (Å²) in [5.41, 5.74) is 1.65. The second kappa shape index (κ2) is 9.46. The Kier molecular flexibility index (Phi) is 6.96. The van der Waals surface area contributed by atoms with Crippen molar-refractivity contribution in [1.82, 2.24) is 9.21 Å². The van der Waals surface area contributed by atoms with Crippen LogP contribution >= 0.6 is 0 Å². The van der Waals surface area contributed by atoms with Crippen LogP contribution in [-0.4, -0.2) is 70.5 Å². The third kappa shape index (κ3) is 5.10. The first kappa shape index (κ1) is 22.1. The van der Waals surface area contributed by atoms with E-state index in [4.69, 9.17) is 9.47 Å². The first-order valence-corrected chi connectivity index (χ1v) is 11.1. The van der Waals surface area contributed by atoms with Gasteiger partial charge in [0.05, 0.1) is 31.3 Å². The molecule has 2 aromatic rings. The second-order valence-corrected chi connectivity index (χ2v) is 9.05. The monoisotopic (exact) mass is 433 g/mol. The molecule has 1 amide bonds. The maximum absolute atomic E-state index is 12.8. The smallest absolute Gasteiger partial charge is 0.243 e. The lowest BCUT2D eigenvalue weighted by Gasteiger charge is -2.33. The standard InChI is InChI=1S/C21H27N3O5S/c1-16-4-9-20(29-3)19(14-16)22-21(25)15-23-10-12-24(13-11-23)30(26,27)18-7-5-17(28-2)6-8-18/h4-9,14H,10-13,15H2,1-3H3,(H,22,25). The van der Waals surface area contributed by atoms with E-state index in [-0.39, 0.29) is 17.3 Å². The van der Waals surface area contributed by atoms with Gasteiger partial charge in [-0.25, -0.2) is 8.42 Å². The van der Waals surface area contributed by atoms with E-state index in [0.717, 1.165) is 5.56 Å². The van der Waals surface area contributed by atoms with Crippen LogP contribution in [0.15, 0.2) is 47.4 Å². The Morgan fingerprint density at radius 1 is 1.00 bits per heavy atom. The lowest BCUT2D eigenvalue weighted by molar-refractivity contribution is -0.117. The third-order valence-electron chi connectivity index (χ3n) is 5.02. The summed E-state index contributed by atoms with van der Waals surface area (Å²) in [7, 11) is -0.473. The third-order valence-corrected chi connectivity index (χ3v) is 6.94. The van der Waals surface area contributed by atoms with Crippen LogP contribution in [0.1, 0.15) is 5.56 Å². The molecule has 0 unspecified atom stereocenters. The number of hydrogen-bond acceptors (Lipinski definition) is 6. The molecule has 0 aromatic heterocycles. The number of nitrogens with one attached hydrogen (secondary N) is 1. The molecule has 30 heavy (non-hydrogen) atoms. The van der Waals surface area contributed by atoms with E-state index >= 15 is 0 Å². The molecule has 0 atom stereocenters. The Morgan fingerprint density at radius 2 is 1.67 bits per heavy atom. The lowest BCUT2D eigenvalue weighted by Crippen LogP contribution is -2.50. The summed E-state index contributed by atoms with van der Waals surface area (Å²) in [6.45, 7) is 3.75. The zero-order valence-electron chi connectivity index (χ0n) is 17.4. The fraction of sp³-hybridized carbons (Fsp3) is 0.381. The first-order chi connectivity index (χ1) is 14.3. The number of carbonyl (C=O) groups excluding carboxylic acids is 1. The van der Waals surface area contributed by atoms with Gasteiger partial charge in [-0.1, -0.05) is 6.07 Å². The number of carbonyl (C=O) groups is 1. The van der Waals surface area contributed by atoms with Crippen molar-refractivity contribution in [1.29, 1.82) is 0 Å². The van der Waals surface area contributed by atoms with Crippen molar-refractivity contribution in [2.24, 2.45) is 0 Å². The number of amides is 1. The molecule has 0 aliphatic carbocycles. The Bertz CT molecular complexity index is 984. The molecule has 9 heteroatoms. The van der Waals surface area contributed by atoms with Gasteiger partial charge in [0.2, 0.25) is 15.9 Å². The number of benzene rings is 2. The Balaban J connectivity index is 1.56. The highest BCUT2D eigenvalue weighted by atomic mass is 32.2. The van der Waals surface area contributed by atoms with Crippen LogP contribution in [-0.2, 0) is 14.8 Å². The highest BCUT2D eigenvalue weighted by Gasteiger charge is 2.29. The average molecular weight is 434 g/mol. The molecule has 1 heterocycles. The minimum absolute atomic E-state index is 0.162. The SMILES string of the molecule is COc1ccc(S(=O)(=O)N2CCN(CC(=O)Nc3cc(C)ccc3OC)CC2)cc1. The van der Waals surface area contributed by atoms with Crippen molar-refractivity contribution >= 4 is 21.6 Å². The largest absolute Gasteiger partial charge is 0.497 e. The van der Waals surface area contributed by atoms with E-state index in [1.165, 1.54) is 11.4 Å². The number of sulfonamides is 1. The van der Waals surface area contributed by atoms with Gasteiger partial charge < -0.3 is 14.8 Å². The number of ether oxygens (including phenoxy) is 2. The van der Waals surface area contributed by atoms with Gasteiger partial charge >= 0.3 is 0 Å². The molecule has 0 bridgehead atoms. The maximum Gasteiger partial charge on any atom is 0.243 e. The van der Waals surface area contributed by atoms with Crippen LogP contribution < -0.4 is 14.8 Å². The van der Waals surface area contributed by atoms with Crippen LogP contribution in [0.3, 0.4) is 0 Å². The van der Waals surface area contributed by atoms with Crippen molar-refractivity contribution in [3.05, 3.63) is 48.0 Å². The summed E-state index contributed by atoms with van der Waals surface area (Å²) in [6, 6.07) is 11.9. The number of piperazine rings is 1. The van der Waals surface area contributed by atoms with E-state index < -0.39 is 10.0 Å². The molecule has 0 spiro atoms. The fourth-order valence-corrected chi connectivity index (χ4v) is 4.76. The number of hydrogen-bond donors (Lipinski definition) is 1. The quantitative estimate of drug-likeness (QED) is 0.718. The van der Waals surface area contributed by atoms with E-state index in [1.807, 2.05) is 30.0 Å². The van der Waals surface area contributed by atoms with E-state index in [9.17, 15) is 13.2 Å². The van der Waals surface area contributed by atoms with E-state index in [0.29, 0.717) is 43.4 Å². The van der Waals surface area contributed by atoms with Crippen molar-refractivity contribution < 1.29 is 22.7 Å². The van der Waals surface area contributed by atoms with Crippen molar-refractivity contribution in [2.45, 2.75) is 11.8 Å². The molecule has 1 aliphatic rings. The number of aryl methyl sites for hydroxylation is 1. The Morgan fingerprint density at radius 3 is 2.27 bits per heavy atom. The van der Waals surface area contributed by atoms with Gasteiger partial charge in [0, 0.05) is 26.2 Å². The maximum atomic E-state index is 12.8. The summed E-state index contributed by atoms with van der Waals surface area (Å²) < 4.78 is 37.5. The predicted molar refractivity (Wildman–Crippen MR) is 115 cm³/mol. The zero-order valence-corrected chi connectivity index (χ0v) is 18.2. The summed E-state index contributed by atoms with van der Waals surface area (Å²) >= 11 is 0. The summed E-state index contributed by atoms with van der Waals surface area (Å²) in [4.78, 5) is 14.6. The molecular formula is C21H27N3O5S. The molecule has 162 valence electrons. The van der Waals surface area contributed by atoms with Gasteiger partial charge in [-0.15, -0.1) is 0 Å². The molecule has 2 aromatic carbocycles. The van der Waals surface area contributed by atoms with E-state index in [1.54, 1.807) is 31.4 Å². The fourth-order valence-electron chi connectivity index (χ4n) is 3.34. The second-order valence-electron chi connectivity index (χ2n) is 7.11. The summed E-state index contributed by atoms with van der Waals surface area (Å²) in [6.07, 6.45) is 0. The van der Waals surface area contributed by atoms with Gasteiger partial charge in [-0.2, -0.15) is 4.31 Å². The summed E-state index contributed by atoms with van der Waals surface area (Å²) in [5.74, 6) is 1.05. The predicted octanol–water partition coefficient (Wildman–Crippen LogP) is 1.96. The van der Waals surface area contributed by atoms with Gasteiger partial charge in [-0.05, 0) is 48.9 Å². The molecule has 3 rings (SSSR count). The topological polar surface area (TPSA) is 88.2 Å². The highest BCUT2D eigenvalue weighted by Crippen LogP contribution is 2.25. The normalized spacial score (nSPS) is 15.6. The molecular weight excluding hydrogens is 406 g/mol. The van der Waals surface area contributed by atoms with Crippen molar-refractivity contribution in [3.8, 4) is 11.5 Å². The summed E-state index contributed by atoms with van der Waals surface area (Å²) in [5, 5.41) is 2.88. The van der Waals surface area contributed by atoms with E-state index in [2.05, 4.69) is 5.32 Å². The van der Waals surface area contributed by atoms with Gasteiger partial charge in [-0.3, -0.25) is 9.69 Å². The average Bonchev–Trinajstić information content (AvgIpc) is 2.74. The molecule has 1 saturated heterocycles. The Labute approximate surface area is 177 Å². The number of methoxy groups -OCH3 is 2. The van der Waals surface area contributed by atoms with Crippen LogP contribution in [0.25, 0.3) is 0 Å². The molecule has 8 nitrogen and oxygen atoms in total. The molecule has 0 saturated carbocycles. The zero-order chi connectivity index (χ0) is 21.7. The molecule has 1 aliphatic heterocycles. The van der Waals surface area contributed by atoms with Crippen LogP contribution in [0.5, 0.6) is 11.5 Å². The van der Waals surface area contributed by atoms with Gasteiger partial charge in [0.15, 0.2) is 0 Å². The van der Waals surface area contributed by atoms with Crippen LogP contribution in [0.2, 0.25) is 0 Å². The minimum atomic E-state index is -3.57. The number of anilines is 1.